The van der Waals surface area contributed by atoms with Gasteiger partial charge in [-0.05, 0) is 43.7 Å². The molecule has 0 aromatic heterocycles. The molecule has 0 bridgehead atoms. The average Bonchev–Trinajstić information content (AvgIpc) is 2.63. The molecule has 6 heteroatoms. The van der Waals surface area contributed by atoms with E-state index in [1.54, 1.807) is 0 Å². The summed E-state index contributed by atoms with van der Waals surface area (Å²) in [6, 6.07) is 15.1. The van der Waals surface area contributed by atoms with E-state index in [0.29, 0.717) is 6.61 Å². The number of carbonyl (C=O) groups excluding carboxylic acids is 2. The number of hydrogen-bond donors (Lipinski definition) is 2. The van der Waals surface area contributed by atoms with Crippen molar-refractivity contribution in [2.24, 2.45) is 0 Å². The maximum absolute atomic E-state index is 12.4. The van der Waals surface area contributed by atoms with Crippen molar-refractivity contribution in [3.05, 3.63) is 54.1 Å². The molecule has 0 saturated heterocycles. The SMILES string of the molecule is CCOc1cccc(C(C)NC(=O)CC2Sc3ccccc3NC2=O)c1. The number of hydrogen-bond acceptors (Lipinski definition) is 4. The number of anilines is 1. The van der Waals surface area contributed by atoms with Crippen LogP contribution in [0.2, 0.25) is 0 Å². The molecule has 5 nitrogen and oxygen atoms in total. The van der Waals surface area contributed by atoms with Crippen LogP contribution in [0.25, 0.3) is 0 Å². The molecule has 136 valence electrons. The van der Waals surface area contributed by atoms with E-state index in [1.165, 1.54) is 11.8 Å². The second-order valence-corrected chi connectivity index (χ2v) is 7.34. The van der Waals surface area contributed by atoms with Gasteiger partial charge in [0.15, 0.2) is 0 Å². The van der Waals surface area contributed by atoms with Crippen molar-refractivity contribution >= 4 is 29.3 Å². The molecule has 0 radical (unpaired) electrons. The summed E-state index contributed by atoms with van der Waals surface area (Å²) in [5.74, 6) is 0.506. The third kappa shape index (κ3) is 4.38. The van der Waals surface area contributed by atoms with Crippen LogP contribution in [-0.4, -0.2) is 23.7 Å². The van der Waals surface area contributed by atoms with Crippen LogP contribution in [0.1, 0.15) is 31.9 Å². The van der Waals surface area contributed by atoms with E-state index in [2.05, 4.69) is 10.6 Å². The molecule has 2 unspecified atom stereocenters. The molecule has 0 aliphatic carbocycles. The number of carbonyl (C=O) groups is 2. The molecule has 3 rings (SSSR count). The van der Waals surface area contributed by atoms with Gasteiger partial charge in [0, 0.05) is 11.3 Å². The van der Waals surface area contributed by atoms with Crippen molar-refractivity contribution in [2.75, 3.05) is 11.9 Å². The van der Waals surface area contributed by atoms with Crippen LogP contribution >= 0.6 is 11.8 Å². The first kappa shape index (κ1) is 18.3. The number of ether oxygens (including phenoxy) is 1. The summed E-state index contributed by atoms with van der Waals surface area (Å²) in [5, 5.41) is 5.41. The summed E-state index contributed by atoms with van der Waals surface area (Å²) in [5.41, 5.74) is 1.77. The summed E-state index contributed by atoms with van der Waals surface area (Å²) in [7, 11) is 0. The van der Waals surface area contributed by atoms with Crippen molar-refractivity contribution in [1.82, 2.24) is 5.32 Å². The van der Waals surface area contributed by atoms with Crippen molar-refractivity contribution in [3.8, 4) is 5.75 Å². The van der Waals surface area contributed by atoms with Crippen molar-refractivity contribution in [1.29, 1.82) is 0 Å². The first-order chi connectivity index (χ1) is 12.6. The molecule has 26 heavy (non-hydrogen) atoms. The van der Waals surface area contributed by atoms with Crippen molar-refractivity contribution < 1.29 is 14.3 Å². The normalized spacial score (nSPS) is 17.0. The smallest absolute Gasteiger partial charge is 0.238 e. The van der Waals surface area contributed by atoms with Crippen molar-refractivity contribution in [2.45, 2.75) is 36.5 Å². The lowest BCUT2D eigenvalue weighted by Crippen LogP contribution is -2.35. The Bertz CT molecular complexity index is 809. The molecule has 2 atom stereocenters. The van der Waals surface area contributed by atoms with Gasteiger partial charge in [0.05, 0.1) is 23.6 Å². The van der Waals surface area contributed by atoms with E-state index >= 15 is 0 Å². The third-order valence-corrected chi connectivity index (χ3v) is 5.40. The van der Waals surface area contributed by atoms with Crippen LogP contribution in [-0.2, 0) is 9.59 Å². The van der Waals surface area contributed by atoms with Gasteiger partial charge >= 0.3 is 0 Å². The van der Waals surface area contributed by atoms with Gasteiger partial charge in [0.1, 0.15) is 5.75 Å². The summed E-state index contributed by atoms with van der Waals surface area (Å²) < 4.78 is 5.50. The monoisotopic (exact) mass is 370 g/mol. The fraction of sp³-hybridized carbons (Fsp3) is 0.300. The highest BCUT2D eigenvalue weighted by Gasteiger charge is 2.29. The van der Waals surface area contributed by atoms with Gasteiger partial charge in [0.2, 0.25) is 11.8 Å². The average molecular weight is 370 g/mol. The zero-order valence-electron chi connectivity index (χ0n) is 14.8. The molecule has 1 heterocycles. The largest absolute Gasteiger partial charge is 0.494 e. The second kappa shape index (κ2) is 8.27. The van der Waals surface area contributed by atoms with E-state index in [9.17, 15) is 9.59 Å². The highest BCUT2D eigenvalue weighted by Crippen LogP contribution is 2.36. The molecular weight excluding hydrogens is 348 g/mol. The molecule has 0 saturated carbocycles. The molecule has 2 amide bonds. The van der Waals surface area contributed by atoms with Crippen LogP contribution in [0, 0.1) is 0 Å². The molecule has 0 spiro atoms. The summed E-state index contributed by atoms with van der Waals surface area (Å²) in [6.07, 6.45) is 0.139. The quantitative estimate of drug-likeness (QED) is 0.812. The maximum atomic E-state index is 12.4. The van der Waals surface area contributed by atoms with Gasteiger partial charge in [-0.25, -0.2) is 0 Å². The lowest BCUT2D eigenvalue weighted by atomic mass is 10.1. The van der Waals surface area contributed by atoms with E-state index in [0.717, 1.165) is 21.9 Å². The predicted molar refractivity (Wildman–Crippen MR) is 104 cm³/mol. The summed E-state index contributed by atoms with van der Waals surface area (Å²) >= 11 is 1.43. The van der Waals surface area contributed by atoms with E-state index < -0.39 is 5.25 Å². The number of benzene rings is 2. The van der Waals surface area contributed by atoms with Crippen LogP contribution in [0.5, 0.6) is 5.75 Å². The highest BCUT2D eigenvalue weighted by molar-refractivity contribution is 8.01. The Labute approximate surface area is 157 Å². The van der Waals surface area contributed by atoms with E-state index in [4.69, 9.17) is 4.74 Å². The van der Waals surface area contributed by atoms with Gasteiger partial charge in [-0.15, -0.1) is 11.8 Å². The van der Waals surface area contributed by atoms with Gasteiger partial charge in [-0.2, -0.15) is 0 Å². The fourth-order valence-corrected chi connectivity index (χ4v) is 3.93. The predicted octanol–water partition coefficient (Wildman–Crippen LogP) is 3.77. The van der Waals surface area contributed by atoms with Gasteiger partial charge < -0.3 is 15.4 Å². The van der Waals surface area contributed by atoms with Crippen LogP contribution < -0.4 is 15.4 Å². The van der Waals surface area contributed by atoms with E-state index in [-0.39, 0.29) is 24.3 Å². The number of fused-ring (bicyclic) bond motifs is 1. The Morgan fingerprint density at radius 2 is 2.08 bits per heavy atom. The Morgan fingerprint density at radius 1 is 1.27 bits per heavy atom. The standard InChI is InChI=1S/C20H22N2O3S/c1-3-25-15-8-6-7-14(11-15)13(2)21-19(23)12-18-20(24)22-16-9-4-5-10-17(16)26-18/h4-11,13,18H,3,12H2,1-2H3,(H,21,23)(H,22,24). The molecule has 1 aliphatic rings. The number of thioether (sulfide) groups is 1. The van der Waals surface area contributed by atoms with Crippen molar-refractivity contribution in [3.63, 3.8) is 0 Å². The van der Waals surface area contributed by atoms with Crippen LogP contribution in [0.3, 0.4) is 0 Å². The minimum atomic E-state index is -0.424. The number of para-hydroxylation sites is 1. The Balaban J connectivity index is 1.60. The molecule has 0 fully saturated rings. The second-order valence-electron chi connectivity index (χ2n) is 6.09. The number of nitrogens with one attached hydrogen (secondary N) is 2. The van der Waals surface area contributed by atoms with Gasteiger partial charge in [0.25, 0.3) is 0 Å². The Hall–Kier alpha value is -2.47. The van der Waals surface area contributed by atoms with Crippen LogP contribution in [0.15, 0.2) is 53.4 Å². The molecular formula is C20H22N2O3S. The van der Waals surface area contributed by atoms with Gasteiger partial charge in [-0.3, -0.25) is 9.59 Å². The highest BCUT2D eigenvalue weighted by atomic mass is 32.2. The minimum absolute atomic E-state index is 0.130. The third-order valence-electron chi connectivity index (χ3n) is 4.12. The molecule has 1 aliphatic heterocycles. The number of amides is 2. The lowest BCUT2D eigenvalue weighted by molar-refractivity contribution is -0.124. The zero-order chi connectivity index (χ0) is 18.5. The summed E-state index contributed by atoms with van der Waals surface area (Å²) in [6.45, 7) is 4.45. The first-order valence-electron chi connectivity index (χ1n) is 8.65. The Morgan fingerprint density at radius 3 is 2.88 bits per heavy atom. The van der Waals surface area contributed by atoms with Gasteiger partial charge in [-0.1, -0.05) is 24.3 Å². The Kier molecular flexibility index (Phi) is 5.83. The first-order valence-corrected chi connectivity index (χ1v) is 9.53. The van der Waals surface area contributed by atoms with Crippen LogP contribution in [0.4, 0.5) is 5.69 Å². The lowest BCUT2D eigenvalue weighted by Gasteiger charge is -2.24. The molecule has 2 aromatic carbocycles. The van der Waals surface area contributed by atoms with E-state index in [1.807, 2.05) is 62.4 Å². The zero-order valence-corrected chi connectivity index (χ0v) is 15.6. The summed E-state index contributed by atoms with van der Waals surface area (Å²) in [4.78, 5) is 25.7. The maximum Gasteiger partial charge on any atom is 0.238 e. The minimum Gasteiger partial charge on any atom is -0.494 e. The topological polar surface area (TPSA) is 67.4 Å². The molecule has 2 N–H and O–H groups in total. The fourth-order valence-electron chi connectivity index (χ4n) is 2.82. The number of rotatable bonds is 6. The molecule has 2 aromatic rings.